The fraction of sp³-hybridized carbons (Fsp3) is 0.409. The summed E-state index contributed by atoms with van der Waals surface area (Å²) in [5.41, 5.74) is 4.21. The first kappa shape index (κ1) is 16.6. The molecule has 138 valence electrons. The molecule has 0 radical (unpaired) electrons. The average Bonchev–Trinajstić information content (AvgIpc) is 2.71. The normalized spacial score (nSPS) is 18.6. The Hall–Kier alpha value is -2.53. The quantitative estimate of drug-likeness (QED) is 0.776. The minimum Gasteiger partial charge on any atom is -0.355 e. The third kappa shape index (κ3) is 3.28. The molecule has 0 bridgehead atoms. The first-order chi connectivity index (χ1) is 13.3. The molecule has 5 rings (SSSR count). The molecule has 1 spiro atoms. The molecule has 0 aliphatic carbocycles. The molecule has 0 saturated carbocycles. The lowest BCUT2D eigenvalue weighted by atomic mass is 9.72. The summed E-state index contributed by atoms with van der Waals surface area (Å²) >= 11 is 0. The van der Waals surface area contributed by atoms with Crippen LogP contribution >= 0.6 is 0 Å². The van der Waals surface area contributed by atoms with Gasteiger partial charge in [-0.3, -0.25) is 4.98 Å². The number of aryl methyl sites for hydroxylation is 2. The molecule has 4 heterocycles. The zero-order chi connectivity index (χ0) is 18.1. The number of nitrogens with zero attached hydrogens (tertiary/aromatic N) is 4. The molecule has 1 N–H and O–H groups in total. The summed E-state index contributed by atoms with van der Waals surface area (Å²) in [7, 11) is 0. The van der Waals surface area contributed by atoms with E-state index >= 15 is 0 Å². The maximum atomic E-state index is 4.66. The molecule has 2 saturated heterocycles. The van der Waals surface area contributed by atoms with Crippen molar-refractivity contribution in [3.63, 3.8) is 0 Å². The van der Waals surface area contributed by atoms with Gasteiger partial charge in [-0.1, -0.05) is 6.07 Å². The van der Waals surface area contributed by atoms with Gasteiger partial charge in [-0.2, -0.15) is 0 Å². The molecule has 2 aliphatic rings. The Morgan fingerprint density at radius 3 is 2.52 bits per heavy atom. The Balaban J connectivity index is 1.37. The van der Waals surface area contributed by atoms with Crippen LogP contribution in [0.4, 0.5) is 5.82 Å². The van der Waals surface area contributed by atoms with E-state index in [0.717, 1.165) is 50.4 Å². The third-order valence-corrected chi connectivity index (χ3v) is 6.15. The highest BCUT2D eigenvalue weighted by atomic mass is 15.3. The zero-order valence-corrected chi connectivity index (χ0v) is 15.6. The van der Waals surface area contributed by atoms with Crippen LogP contribution in [0, 0.1) is 5.41 Å². The standard InChI is InChI=1S/C22H25N5/c1(17-5-9-23-10-6-17)2-18-3-4-20-19(13-18)21(26-16-25-20)27-14-22(15-27)7-11-24-12-8-22/h3-6,9-10,13,16,24H,1-2,7-8,11-12,14-15H2. The second kappa shape index (κ2) is 6.89. The highest BCUT2D eigenvalue weighted by Gasteiger charge is 2.44. The van der Waals surface area contributed by atoms with Gasteiger partial charge in [0.2, 0.25) is 0 Å². The van der Waals surface area contributed by atoms with Crippen LogP contribution in [0.2, 0.25) is 0 Å². The predicted molar refractivity (Wildman–Crippen MR) is 108 cm³/mol. The molecule has 0 amide bonds. The molecule has 2 aliphatic heterocycles. The number of benzene rings is 1. The van der Waals surface area contributed by atoms with Gasteiger partial charge in [0, 0.05) is 36.3 Å². The minimum atomic E-state index is 0.501. The van der Waals surface area contributed by atoms with E-state index in [1.54, 1.807) is 6.33 Å². The summed E-state index contributed by atoms with van der Waals surface area (Å²) in [6.45, 7) is 4.55. The van der Waals surface area contributed by atoms with E-state index in [2.05, 4.69) is 55.5 Å². The lowest BCUT2D eigenvalue weighted by Gasteiger charge is -2.53. The Bertz CT molecular complexity index is 926. The van der Waals surface area contributed by atoms with Crippen molar-refractivity contribution in [1.29, 1.82) is 0 Å². The Morgan fingerprint density at radius 1 is 0.926 bits per heavy atom. The van der Waals surface area contributed by atoms with E-state index in [0.29, 0.717) is 5.41 Å². The highest BCUT2D eigenvalue weighted by Crippen LogP contribution is 2.42. The number of piperidine rings is 1. The van der Waals surface area contributed by atoms with Crippen LogP contribution < -0.4 is 10.2 Å². The van der Waals surface area contributed by atoms with Crippen LogP contribution in [0.5, 0.6) is 0 Å². The lowest BCUT2D eigenvalue weighted by molar-refractivity contribution is 0.149. The van der Waals surface area contributed by atoms with Crippen LogP contribution in [0.25, 0.3) is 10.9 Å². The van der Waals surface area contributed by atoms with Gasteiger partial charge in [-0.25, -0.2) is 9.97 Å². The van der Waals surface area contributed by atoms with Gasteiger partial charge in [0.05, 0.1) is 5.52 Å². The molecular formula is C22H25N5. The number of hydrogen-bond acceptors (Lipinski definition) is 5. The SMILES string of the molecule is c1cc(CCc2ccc3ncnc(N4CC5(CCNCC5)C4)c3c2)ccn1. The average molecular weight is 359 g/mol. The van der Waals surface area contributed by atoms with Crippen molar-refractivity contribution in [3.8, 4) is 0 Å². The number of anilines is 1. The van der Waals surface area contributed by atoms with Gasteiger partial charge in [0.25, 0.3) is 0 Å². The number of fused-ring (bicyclic) bond motifs is 1. The largest absolute Gasteiger partial charge is 0.355 e. The molecule has 5 heteroatoms. The smallest absolute Gasteiger partial charge is 0.139 e. The lowest BCUT2D eigenvalue weighted by Crippen LogP contribution is -2.60. The van der Waals surface area contributed by atoms with Gasteiger partial charge in [-0.15, -0.1) is 0 Å². The number of rotatable bonds is 4. The number of pyridine rings is 1. The monoisotopic (exact) mass is 359 g/mol. The Labute approximate surface area is 159 Å². The third-order valence-electron chi connectivity index (χ3n) is 6.15. The van der Waals surface area contributed by atoms with Crippen LogP contribution in [0.3, 0.4) is 0 Å². The van der Waals surface area contributed by atoms with E-state index in [1.807, 2.05) is 12.4 Å². The number of nitrogens with one attached hydrogen (secondary N) is 1. The summed E-state index contributed by atoms with van der Waals surface area (Å²) < 4.78 is 0. The number of aromatic nitrogens is 3. The molecule has 3 aromatic rings. The Kier molecular flexibility index (Phi) is 4.24. The van der Waals surface area contributed by atoms with Gasteiger partial charge in [-0.05, 0) is 74.2 Å². The molecule has 27 heavy (non-hydrogen) atoms. The van der Waals surface area contributed by atoms with Crippen LogP contribution in [-0.2, 0) is 12.8 Å². The van der Waals surface area contributed by atoms with Gasteiger partial charge in [0.1, 0.15) is 12.1 Å². The summed E-state index contributed by atoms with van der Waals surface area (Å²) in [5.74, 6) is 1.11. The van der Waals surface area contributed by atoms with E-state index in [9.17, 15) is 0 Å². The molecule has 5 nitrogen and oxygen atoms in total. The summed E-state index contributed by atoms with van der Waals surface area (Å²) in [5, 5.41) is 4.67. The molecular weight excluding hydrogens is 334 g/mol. The first-order valence-corrected chi connectivity index (χ1v) is 9.90. The van der Waals surface area contributed by atoms with Crippen molar-refractivity contribution in [3.05, 3.63) is 60.2 Å². The molecule has 1 aromatic carbocycles. The van der Waals surface area contributed by atoms with Crippen molar-refractivity contribution in [2.24, 2.45) is 5.41 Å². The van der Waals surface area contributed by atoms with Crippen LogP contribution in [0.15, 0.2) is 49.1 Å². The molecule has 2 fully saturated rings. The predicted octanol–water partition coefficient (Wildman–Crippen LogP) is 3.00. The first-order valence-electron chi connectivity index (χ1n) is 9.90. The molecule has 0 atom stereocenters. The molecule has 2 aromatic heterocycles. The number of hydrogen-bond donors (Lipinski definition) is 1. The van der Waals surface area contributed by atoms with Gasteiger partial charge >= 0.3 is 0 Å². The van der Waals surface area contributed by atoms with Crippen LogP contribution in [-0.4, -0.2) is 41.1 Å². The second-order valence-corrected chi connectivity index (χ2v) is 8.01. The van der Waals surface area contributed by atoms with Crippen molar-refractivity contribution < 1.29 is 0 Å². The van der Waals surface area contributed by atoms with Crippen molar-refractivity contribution in [2.75, 3.05) is 31.1 Å². The maximum Gasteiger partial charge on any atom is 0.139 e. The highest BCUT2D eigenvalue weighted by molar-refractivity contribution is 5.90. The summed E-state index contributed by atoms with van der Waals surface area (Å²) in [4.78, 5) is 15.7. The van der Waals surface area contributed by atoms with E-state index in [-0.39, 0.29) is 0 Å². The zero-order valence-electron chi connectivity index (χ0n) is 15.6. The topological polar surface area (TPSA) is 53.9 Å². The summed E-state index contributed by atoms with van der Waals surface area (Å²) in [6, 6.07) is 10.8. The van der Waals surface area contributed by atoms with Gasteiger partial charge < -0.3 is 10.2 Å². The minimum absolute atomic E-state index is 0.501. The Morgan fingerprint density at radius 2 is 1.70 bits per heavy atom. The van der Waals surface area contributed by atoms with Crippen molar-refractivity contribution >= 4 is 16.7 Å². The molecule has 0 unspecified atom stereocenters. The van der Waals surface area contributed by atoms with E-state index in [4.69, 9.17) is 0 Å². The maximum absolute atomic E-state index is 4.66. The van der Waals surface area contributed by atoms with Gasteiger partial charge in [0.15, 0.2) is 0 Å². The van der Waals surface area contributed by atoms with E-state index < -0.39 is 0 Å². The fourth-order valence-corrected chi connectivity index (χ4v) is 4.52. The van der Waals surface area contributed by atoms with Crippen molar-refractivity contribution in [1.82, 2.24) is 20.3 Å². The second-order valence-electron chi connectivity index (χ2n) is 8.01. The fourth-order valence-electron chi connectivity index (χ4n) is 4.52. The van der Waals surface area contributed by atoms with E-state index in [1.165, 1.54) is 29.4 Å². The van der Waals surface area contributed by atoms with Crippen molar-refractivity contribution in [2.45, 2.75) is 25.7 Å². The van der Waals surface area contributed by atoms with Crippen LogP contribution in [0.1, 0.15) is 24.0 Å². The summed E-state index contributed by atoms with van der Waals surface area (Å²) in [6.07, 6.45) is 10.0.